The van der Waals surface area contributed by atoms with E-state index in [1.165, 1.54) is 0 Å². The lowest BCUT2D eigenvalue weighted by molar-refractivity contribution is -0.156. The largest absolute Gasteiger partial charge is 0.497 e. The van der Waals surface area contributed by atoms with Crippen LogP contribution in [0.5, 0.6) is 46.0 Å². The Morgan fingerprint density at radius 1 is 0.464 bits per heavy atom. The van der Waals surface area contributed by atoms with E-state index in [1.54, 1.807) is 40.8 Å². The van der Waals surface area contributed by atoms with Gasteiger partial charge in [0.1, 0.15) is 55.8 Å². The van der Waals surface area contributed by atoms with Crippen molar-refractivity contribution in [2.75, 3.05) is 28.4 Å². The van der Waals surface area contributed by atoms with Crippen molar-refractivity contribution in [1.29, 1.82) is 0 Å². The standard InChI is InChI=1S/C55H66N2O12/c1-13-34-21-36(42(15-3)54(52(34)62-11)66-30-38-26-56-46-19-17-40(60-9)23-44(46)50(38)68-32(5)6)28-64-48(58)25-49(59)65-29-37-22-35(14-2)53(63-12)55(43(37)16-4)67-31-39-27-57-47-20-18-41(61-10)24-45(47)51(39)69-33(7)8/h17-24,26-27,32-33H,13-16,25,28-31H2,1-12H3. The van der Waals surface area contributed by atoms with Gasteiger partial charge in [0.05, 0.1) is 62.8 Å². The predicted octanol–water partition coefficient (Wildman–Crippen LogP) is 11.0. The number of hydrogen-bond donors (Lipinski definition) is 0. The first-order chi connectivity index (χ1) is 33.3. The number of aromatic nitrogens is 2. The summed E-state index contributed by atoms with van der Waals surface area (Å²) in [6.07, 6.45) is 5.03. The van der Waals surface area contributed by atoms with Gasteiger partial charge in [-0.25, -0.2) is 0 Å². The van der Waals surface area contributed by atoms with E-state index < -0.39 is 18.4 Å². The Morgan fingerprint density at radius 2 is 0.870 bits per heavy atom. The van der Waals surface area contributed by atoms with Crippen molar-refractivity contribution in [3.8, 4) is 46.0 Å². The van der Waals surface area contributed by atoms with E-state index in [2.05, 4.69) is 9.97 Å². The molecule has 0 saturated heterocycles. The molecule has 0 atom stereocenters. The third kappa shape index (κ3) is 12.0. The van der Waals surface area contributed by atoms with Gasteiger partial charge < -0.3 is 47.4 Å². The maximum absolute atomic E-state index is 13.3. The summed E-state index contributed by atoms with van der Waals surface area (Å²) < 4.78 is 60.3. The molecule has 6 rings (SSSR count). The van der Waals surface area contributed by atoms with Crippen LogP contribution in [0.1, 0.15) is 106 Å². The van der Waals surface area contributed by atoms with Gasteiger partial charge in [-0.3, -0.25) is 19.6 Å². The monoisotopic (exact) mass is 946 g/mol. The first-order valence-corrected chi connectivity index (χ1v) is 23.6. The van der Waals surface area contributed by atoms with Crippen LogP contribution in [0.15, 0.2) is 60.9 Å². The topological polar surface area (TPSA) is 152 Å². The number of nitrogens with zero attached hydrogens (tertiary/aromatic N) is 2. The molecule has 2 heterocycles. The summed E-state index contributed by atoms with van der Waals surface area (Å²) in [5.41, 5.74) is 7.83. The second kappa shape index (κ2) is 23.9. The molecule has 0 fully saturated rings. The lowest BCUT2D eigenvalue weighted by Gasteiger charge is -2.22. The Balaban J connectivity index is 1.17. The summed E-state index contributed by atoms with van der Waals surface area (Å²) >= 11 is 0. The quantitative estimate of drug-likeness (QED) is 0.0418. The van der Waals surface area contributed by atoms with Gasteiger partial charge in [-0.15, -0.1) is 0 Å². The van der Waals surface area contributed by atoms with Gasteiger partial charge >= 0.3 is 11.9 Å². The number of aryl methyl sites for hydroxylation is 2. The zero-order chi connectivity index (χ0) is 49.8. The van der Waals surface area contributed by atoms with Gasteiger partial charge in [0.15, 0.2) is 23.0 Å². The Morgan fingerprint density at radius 3 is 1.20 bits per heavy atom. The molecular formula is C55H66N2O12. The van der Waals surface area contributed by atoms with E-state index >= 15 is 0 Å². The summed E-state index contributed by atoms with van der Waals surface area (Å²) in [4.78, 5) is 36.0. The Labute approximate surface area is 405 Å². The van der Waals surface area contributed by atoms with Crippen LogP contribution in [0, 0.1) is 0 Å². The molecule has 0 N–H and O–H groups in total. The summed E-state index contributed by atoms with van der Waals surface area (Å²) in [6, 6.07) is 15.2. The van der Waals surface area contributed by atoms with E-state index in [9.17, 15) is 9.59 Å². The Bertz CT molecular complexity index is 2580. The smallest absolute Gasteiger partial charge is 0.317 e. The van der Waals surface area contributed by atoms with Crippen LogP contribution in [0.3, 0.4) is 0 Å². The average Bonchev–Trinajstić information content (AvgIpc) is 3.35. The average molecular weight is 947 g/mol. The fourth-order valence-corrected chi connectivity index (χ4v) is 8.32. The molecule has 14 heteroatoms. The Hall–Kier alpha value is -6.96. The minimum Gasteiger partial charge on any atom is -0.497 e. The summed E-state index contributed by atoms with van der Waals surface area (Å²) in [6.45, 7) is 15.9. The van der Waals surface area contributed by atoms with Crippen molar-refractivity contribution >= 4 is 33.7 Å². The van der Waals surface area contributed by atoms with E-state index in [4.69, 9.17) is 47.4 Å². The highest BCUT2D eigenvalue weighted by atomic mass is 16.6. The number of ether oxygens (including phenoxy) is 10. The fraction of sp³-hybridized carbons (Fsp3) is 0.418. The van der Waals surface area contributed by atoms with Crippen LogP contribution in [0.2, 0.25) is 0 Å². The molecule has 4 aromatic carbocycles. The minimum absolute atomic E-state index is 0.0924. The molecule has 0 radical (unpaired) electrons. The molecule has 0 unspecified atom stereocenters. The number of pyridine rings is 2. The Kier molecular flexibility index (Phi) is 17.8. The molecule has 0 aliphatic carbocycles. The third-order valence-corrected chi connectivity index (χ3v) is 11.6. The molecule has 69 heavy (non-hydrogen) atoms. The molecule has 14 nitrogen and oxygen atoms in total. The molecule has 0 aliphatic rings. The molecule has 0 aliphatic heterocycles. The zero-order valence-electron chi connectivity index (χ0n) is 42.1. The van der Waals surface area contributed by atoms with E-state index in [0.717, 1.165) is 66.3 Å². The van der Waals surface area contributed by atoms with E-state index in [1.807, 2.05) is 104 Å². The van der Waals surface area contributed by atoms with Crippen LogP contribution in [-0.4, -0.2) is 62.6 Å². The van der Waals surface area contributed by atoms with E-state index in [0.29, 0.717) is 71.7 Å². The second-order valence-corrected chi connectivity index (χ2v) is 16.9. The molecule has 2 aromatic heterocycles. The molecule has 368 valence electrons. The number of rotatable bonds is 24. The van der Waals surface area contributed by atoms with Crippen LogP contribution in [-0.2, 0) is 71.2 Å². The fourth-order valence-electron chi connectivity index (χ4n) is 8.32. The van der Waals surface area contributed by atoms with Crippen LogP contribution in [0.4, 0.5) is 0 Å². The first kappa shape index (κ1) is 51.4. The van der Waals surface area contributed by atoms with Crippen molar-refractivity contribution in [1.82, 2.24) is 9.97 Å². The molecule has 0 spiro atoms. The van der Waals surface area contributed by atoms with Crippen molar-refractivity contribution in [3.05, 3.63) is 105 Å². The highest BCUT2D eigenvalue weighted by molar-refractivity contribution is 5.91. The van der Waals surface area contributed by atoms with Crippen molar-refractivity contribution < 1.29 is 57.0 Å². The summed E-state index contributed by atoms with van der Waals surface area (Å²) in [5, 5.41) is 1.61. The van der Waals surface area contributed by atoms with Gasteiger partial charge in [0.2, 0.25) is 0 Å². The molecule has 6 aromatic rings. The van der Waals surface area contributed by atoms with E-state index in [-0.39, 0.29) is 38.6 Å². The molecule has 0 bridgehead atoms. The van der Waals surface area contributed by atoms with Gasteiger partial charge in [0, 0.05) is 34.3 Å². The maximum atomic E-state index is 13.3. The highest BCUT2D eigenvalue weighted by Crippen LogP contribution is 2.42. The lowest BCUT2D eigenvalue weighted by Crippen LogP contribution is -2.16. The van der Waals surface area contributed by atoms with Crippen LogP contribution in [0.25, 0.3) is 21.8 Å². The maximum Gasteiger partial charge on any atom is 0.317 e. The first-order valence-electron chi connectivity index (χ1n) is 23.6. The SMILES string of the molecule is CCc1cc(COC(=O)CC(=O)OCc2cc(CC)c(OC)c(OCc3cnc4ccc(OC)cc4c3OC(C)C)c2CC)c(CC)c(OCc2cnc3ccc(OC)cc3c2OC(C)C)c1OC. The number of esters is 2. The van der Waals surface area contributed by atoms with Gasteiger partial charge in [-0.2, -0.15) is 0 Å². The van der Waals surface area contributed by atoms with Crippen molar-refractivity contribution in [2.24, 2.45) is 0 Å². The van der Waals surface area contributed by atoms with Crippen molar-refractivity contribution in [2.45, 2.75) is 126 Å². The molecule has 0 amide bonds. The van der Waals surface area contributed by atoms with Crippen LogP contribution < -0.4 is 37.9 Å². The number of carbonyl (C=O) groups excluding carboxylic acids is 2. The third-order valence-electron chi connectivity index (χ3n) is 11.6. The van der Waals surface area contributed by atoms with Gasteiger partial charge in [-0.1, -0.05) is 27.7 Å². The summed E-state index contributed by atoms with van der Waals surface area (Å²) in [5.74, 6) is 3.47. The highest BCUT2D eigenvalue weighted by Gasteiger charge is 2.25. The van der Waals surface area contributed by atoms with Crippen LogP contribution >= 0.6 is 0 Å². The van der Waals surface area contributed by atoms with Crippen molar-refractivity contribution in [3.63, 3.8) is 0 Å². The lowest BCUT2D eigenvalue weighted by atomic mass is 9.98. The zero-order valence-corrected chi connectivity index (χ0v) is 42.1. The molecular weight excluding hydrogens is 881 g/mol. The number of carbonyl (C=O) groups is 2. The number of hydrogen-bond acceptors (Lipinski definition) is 14. The number of fused-ring (bicyclic) bond motifs is 2. The van der Waals surface area contributed by atoms with Gasteiger partial charge in [0.25, 0.3) is 0 Å². The number of benzene rings is 4. The number of methoxy groups -OCH3 is 4. The van der Waals surface area contributed by atoms with Gasteiger partial charge in [-0.05, 0) is 124 Å². The predicted molar refractivity (Wildman–Crippen MR) is 264 cm³/mol. The second-order valence-electron chi connectivity index (χ2n) is 16.9. The minimum atomic E-state index is -0.726. The summed E-state index contributed by atoms with van der Waals surface area (Å²) in [7, 11) is 6.45. The molecule has 0 saturated carbocycles. The normalized spacial score (nSPS) is 11.2.